The van der Waals surface area contributed by atoms with E-state index in [2.05, 4.69) is 0 Å². The van der Waals surface area contributed by atoms with Gasteiger partial charge in [0.2, 0.25) is 5.91 Å². The fourth-order valence-corrected chi connectivity index (χ4v) is 4.05. The highest BCUT2D eigenvalue weighted by molar-refractivity contribution is 5.87. The van der Waals surface area contributed by atoms with Crippen LogP contribution < -0.4 is 5.73 Å². The maximum Gasteiger partial charge on any atom is 0.246 e. The molecule has 0 bridgehead atoms. The van der Waals surface area contributed by atoms with Gasteiger partial charge < -0.3 is 10.6 Å². The summed E-state index contributed by atoms with van der Waals surface area (Å²) in [5.74, 6) is 0.0798. The van der Waals surface area contributed by atoms with E-state index in [0.29, 0.717) is 5.41 Å². The summed E-state index contributed by atoms with van der Waals surface area (Å²) in [4.78, 5) is 14.9. The Kier molecular flexibility index (Phi) is 5.18. The molecule has 1 unspecified atom stereocenters. The SMILES string of the molecule is CC(N)(C(=O)N1CCC2(CCCCC2)C1)c1ccccc1.Cl. The summed E-state index contributed by atoms with van der Waals surface area (Å²) >= 11 is 0. The summed E-state index contributed by atoms with van der Waals surface area (Å²) in [5.41, 5.74) is 6.76. The minimum atomic E-state index is -0.915. The molecule has 1 aliphatic carbocycles. The van der Waals surface area contributed by atoms with Gasteiger partial charge in [0.1, 0.15) is 5.54 Å². The van der Waals surface area contributed by atoms with Gasteiger partial charge in [0.05, 0.1) is 0 Å². The quantitative estimate of drug-likeness (QED) is 0.906. The Bertz CT molecular complexity index is 509. The normalized spacial score (nSPS) is 22.9. The number of halogens is 1. The third kappa shape index (κ3) is 3.16. The number of carbonyl (C=O) groups is 1. The average molecular weight is 323 g/mol. The molecule has 1 spiro atoms. The zero-order valence-electron chi connectivity index (χ0n) is 13.4. The van der Waals surface area contributed by atoms with Crippen LogP contribution in [0.25, 0.3) is 0 Å². The third-order valence-electron chi connectivity index (χ3n) is 5.46. The minimum absolute atomic E-state index is 0. The Balaban J connectivity index is 0.00000176. The van der Waals surface area contributed by atoms with Gasteiger partial charge in [-0.25, -0.2) is 0 Å². The van der Waals surface area contributed by atoms with Gasteiger partial charge in [0, 0.05) is 13.1 Å². The van der Waals surface area contributed by atoms with Crippen LogP contribution in [0.3, 0.4) is 0 Å². The summed E-state index contributed by atoms with van der Waals surface area (Å²) in [6, 6.07) is 9.74. The summed E-state index contributed by atoms with van der Waals surface area (Å²) in [7, 11) is 0. The molecule has 3 rings (SSSR count). The topological polar surface area (TPSA) is 46.3 Å². The van der Waals surface area contributed by atoms with Gasteiger partial charge in [-0.2, -0.15) is 0 Å². The monoisotopic (exact) mass is 322 g/mol. The van der Waals surface area contributed by atoms with E-state index in [1.54, 1.807) is 0 Å². The van der Waals surface area contributed by atoms with Crippen molar-refractivity contribution in [3.8, 4) is 0 Å². The lowest BCUT2D eigenvalue weighted by Gasteiger charge is -2.35. The number of amides is 1. The molecule has 1 amide bonds. The Morgan fingerprint density at radius 1 is 1.14 bits per heavy atom. The number of nitrogens with two attached hydrogens (primary N) is 1. The molecule has 22 heavy (non-hydrogen) atoms. The fraction of sp³-hybridized carbons (Fsp3) is 0.611. The predicted molar refractivity (Wildman–Crippen MR) is 91.9 cm³/mol. The van der Waals surface area contributed by atoms with Crippen molar-refractivity contribution in [2.45, 2.75) is 51.0 Å². The zero-order chi connectivity index (χ0) is 14.9. The maximum absolute atomic E-state index is 12.9. The van der Waals surface area contributed by atoms with Crippen LogP contribution >= 0.6 is 12.4 Å². The van der Waals surface area contributed by atoms with Crippen molar-refractivity contribution in [3.63, 3.8) is 0 Å². The van der Waals surface area contributed by atoms with Crippen molar-refractivity contribution in [1.29, 1.82) is 0 Å². The van der Waals surface area contributed by atoms with Crippen molar-refractivity contribution >= 4 is 18.3 Å². The first-order valence-electron chi connectivity index (χ1n) is 8.17. The molecule has 1 aliphatic heterocycles. The average Bonchev–Trinajstić information content (AvgIpc) is 2.91. The van der Waals surface area contributed by atoms with E-state index >= 15 is 0 Å². The van der Waals surface area contributed by atoms with Crippen LogP contribution in [0.2, 0.25) is 0 Å². The van der Waals surface area contributed by atoms with E-state index in [9.17, 15) is 4.79 Å². The molecule has 2 fully saturated rings. The maximum atomic E-state index is 12.9. The number of carbonyl (C=O) groups excluding carboxylic acids is 1. The van der Waals surface area contributed by atoms with Crippen molar-refractivity contribution in [2.24, 2.45) is 11.1 Å². The van der Waals surface area contributed by atoms with E-state index in [0.717, 1.165) is 25.1 Å². The first kappa shape index (κ1) is 17.3. The highest BCUT2D eigenvalue weighted by Gasteiger charge is 2.44. The molecular weight excluding hydrogens is 296 g/mol. The molecule has 2 aliphatic rings. The van der Waals surface area contributed by atoms with Crippen molar-refractivity contribution in [1.82, 2.24) is 4.90 Å². The van der Waals surface area contributed by atoms with Crippen molar-refractivity contribution < 1.29 is 4.79 Å². The van der Waals surface area contributed by atoms with E-state index in [1.807, 2.05) is 42.2 Å². The van der Waals surface area contributed by atoms with Crippen LogP contribution in [0.1, 0.15) is 51.0 Å². The van der Waals surface area contributed by atoms with Crippen LogP contribution in [-0.4, -0.2) is 23.9 Å². The lowest BCUT2D eigenvalue weighted by Crippen LogP contribution is -2.50. The molecule has 1 aromatic carbocycles. The van der Waals surface area contributed by atoms with Gasteiger partial charge in [0.15, 0.2) is 0 Å². The number of benzene rings is 1. The lowest BCUT2D eigenvalue weighted by atomic mass is 9.73. The molecule has 1 saturated carbocycles. The van der Waals surface area contributed by atoms with Gasteiger partial charge >= 0.3 is 0 Å². The summed E-state index contributed by atoms with van der Waals surface area (Å²) < 4.78 is 0. The standard InChI is InChI=1S/C18H26N2O.ClH/c1-17(19,15-8-4-2-5-9-15)16(21)20-13-12-18(14-20)10-6-3-7-11-18;/h2,4-5,8-9H,3,6-7,10-14,19H2,1H3;1H. The molecule has 0 radical (unpaired) electrons. The second kappa shape index (κ2) is 6.59. The second-order valence-corrected chi connectivity index (χ2v) is 7.11. The van der Waals surface area contributed by atoms with Gasteiger partial charge in [-0.1, -0.05) is 49.6 Å². The summed E-state index contributed by atoms with van der Waals surface area (Å²) in [6.07, 6.45) is 7.71. The molecule has 1 aromatic rings. The van der Waals surface area contributed by atoms with Crippen LogP contribution in [0.15, 0.2) is 30.3 Å². The zero-order valence-corrected chi connectivity index (χ0v) is 14.2. The number of nitrogens with zero attached hydrogens (tertiary/aromatic N) is 1. The lowest BCUT2D eigenvalue weighted by molar-refractivity contribution is -0.136. The number of hydrogen-bond donors (Lipinski definition) is 1. The van der Waals surface area contributed by atoms with Gasteiger partial charge in [0.25, 0.3) is 0 Å². The molecule has 122 valence electrons. The molecule has 4 heteroatoms. The Morgan fingerprint density at radius 3 is 2.41 bits per heavy atom. The smallest absolute Gasteiger partial charge is 0.246 e. The van der Waals surface area contributed by atoms with E-state index < -0.39 is 5.54 Å². The van der Waals surface area contributed by atoms with Crippen molar-refractivity contribution in [2.75, 3.05) is 13.1 Å². The van der Waals surface area contributed by atoms with Gasteiger partial charge in [-0.05, 0) is 37.2 Å². The van der Waals surface area contributed by atoms with Crippen LogP contribution in [0, 0.1) is 5.41 Å². The molecule has 1 saturated heterocycles. The highest BCUT2D eigenvalue weighted by atomic mass is 35.5. The first-order valence-corrected chi connectivity index (χ1v) is 8.17. The predicted octanol–water partition coefficient (Wildman–Crippen LogP) is 3.47. The van der Waals surface area contributed by atoms with E-state index in [-0.39, 0.29) is 18.3 Å². The highest BCUT2D eigenvalue weighted by Crippen LogP contribution is 2.44. The van der Waals surface area contributed by atoms with E-state index in [4.69, 9.17) is 5.73 Å². The fourth-order valence-electron chi connectivity index (χ4n) is 4.05. The van der Waals surface area contributed by atoms with Gasteiger partial charge in [-0.3, -0.25) is 4.79 Å². The van der Waals surface area contributed by atoms with Crippen LogP contribution in [-0.2, 0) is 10.3 Å². The second-order valence-electron chi connectivity index (χ2n) is 7.11. The minimum Gasteiger partial charge on any atom is -0.340 e. The first-order chi connectivity index (χ1) is 10.0. The number of hydrogen-bond acceptors (Lipinski definition) is 2. The number of rotatable bonds is 2. The Hall–Kier alpha value is -1.06. The molecule has 2 N–H and O–H groups in total. The largest absolute Gasteiger partial charge is 0.340 e. The number of likely N-dealkylation sites (tertiary alicyclic amines) is 1. The molecule has 3 nitrogen and oxygen atoms in total. The molecule has 1 heterocycles. The molecule has 0 aromatic heterocycles. The molecule has 1 atom stereocenters. The summed E-state index contributed by atoms with van der Waals surface area (Å²) in [6.45, 7) is 3.63. The van der Waals surface area contributed by atoms with Crippen molar-refractivity contribution in [3.05, 3.63) is 35.9 Å². The third-order valence-corrected chi connectivity index (χ3v) is 5.46. The van der Waals surface area contributed by atoms with E-state index in [1.165, 1.54) is 32.1 Å². The van der Waals surface area contributed by atoms with Crippen LogP contribution in [0.4, 0.5) is 0 Å². The van der Waals surface area contributed by atoms with Crippen LogP contribution in [0.5, 0.6) is 0 Å². The Morgan fingerprint density at radius 2 is 1.77 bits per heavy atom. The van der Waals surface area contributed by atoms with Gasteiger partial charge in [-0.15, -0.1) is 12.4 Å². The molecular formula is C18H27ClN2O. The summed E-state index contributed by atoms with van der Waals surface area (Å²) in [5, 5.41) is 0. The Labute approximate surface area is 139 Å².